The summed E-state index contributed by atoms with van der Waals surface area (Å²) in [5.74, 6) is 0.325. The van der Waals surface area contributed by atoms with E-state index in [0.717, 1.165) is 39.3 Å². The SMILES string of the molecule is CCNCCC(=O)N1CCN(CC(=O)N(C)C)CC1. The van der Waals surface area contributed by atoms with Crippen molar-refractivity contribution in [2.45, 2.75) is 13.3 Å². The van der Waals surface area contributed by atoms with Crippen LogP contribution in [0.1, 0.15) is 13.3 Å². The number of piperazine rings is 1. The summed E-state index contributed by atoms with van der Waals surface area (Å²) in [6.45, 7) is 7.15. The maximum absolute atomic E-state index is 11.9. The zero-order valence-corrected chi connectivity index (χ0v) is 12.3. The van der Waals surface area contributed by atoms with Crippen molar-refractivity contribution < 1.29 is 9.59 Å². The first-order chi connectivity index (χ1) is 9.04. The lowest BCUT2D eigenvalue weighted by Crippen LogP contribution is -2.51. The first kappa shape index (κ1) is 15.9. The highest BCUT2D eigenvalue weighted by molar-refractivity contribution is 5.78. The Morgan fingerprint density at radius 2 is 1.79 bits per heavy atom. The average Bonchev–Trinajstić information content (AvgIpc) is 2.39. The largest absolute Gasteiger partial charge is 0.348 e. The molecule has 2 amide bonds. The minimum Gasteiger partial charge on any atom is -0.348 e. The second kappa shape index (κ2) is 8.12. The third-order valence-electron chi connectivity index (χ3n) is 3.35. The van der Waals surface area contributed by atoms with E-state index in [1.54, 1.807) is 19.0 Å². The number of hydrogen-bond acceptors (Lipinski definition) is 4. The molecular formula is C13H26N4O2. The Morgan fingerprint density at radius 3 is 2.32 bits per heavy atom. The number of nitrogens with zero attached hydrogens (tertiary/aromatic N) is 3. The van der Waals surface area contributed by atoms with Crippen molar-refractivity contribution in [2.75, 3.05) is 59.9 Å². The molecular weight excluding hydrogens is 244 g/mol. The molecule has 0 aliphatic carbocycles. The zero-order valence-electron chi connectivity index (χ0n) is 12.3. The van der Waals surface area contributed by atoms with Crippen LogP contribution in [0.2, 0.25) is 0 Å². The van der Waals surface area contributed by atoms with Crippen molar-refractivity contribution >= 4 is 11.8 Å². The minimum atomic E-state index is 0.118. The summed E-state index contributed by atoms with van der Waals surface area (Å²) in [6.07, 6.45) is 0.560. The zero-order chi connectivity index (χ0) is 14.3. The quantitative estimate of drug-likeness (QED) is 0.643. The van der Waals surface area contributed by atoms with Gasteiger partial charge in [0, 0.05) is 53.2 Å². The van der Waals surface area contributed by atoms with E-state index in [1.807, 2.05) is 11.8 Å². The number of likely N-dealkylation sites (N-methyl/N-ethyl adjacent to an activating group) is 1. The van der Waals surface area contributed by atoms with Crippen molar-refractivity contribution in [2.24, 2.45) is 0 Å². The highest BCUT2D eigenvalue weighted by atomic mass is 16.2. The van der Waals surface area contributed by atoms with Crippen LogP contribution in [0, 0.1) is 0 Å². The Labute approximate surface area is 115 Å². The van der Waals surface area contributed by atoms with Crippen molar-refractivity contribution in [1.29, 1.82) is 0 Å². The molecule has 0 radical (unpaired) electrons. The fraction of sp³-hybridized carbons (Fsp3) is 0.846. The topological polar surface area (TPSA) is 55.9 Å². The summed E-state index contributed by atoms with van der Waals surface area (Å²) in [6, 6.07) is 0. The van der Waals surface area contributed by atoms with Gasteiger partial charge >= 0.3 is 0 Å². The molecule has 1 N–H and O–H groups in total. The van der Waals surface area contributed by atoms with E-state index in [-0.39, 0.29) is 11.8 Å². The summed E-state index contributed by atoms with van der Waals surface area (Å²) < 4.78 is 0. The molecule has 0 spiro atoms. The van der Waals surface area contributed by atoms with Crippen LogP contribution < -0.4 is 5.32 Å². The number of amides is 2. The maximum atomic E-state index is 11.9. The van der Waals surface area contributed by atoms with Crippen molar-refractivity contribution in [1.82, 2.24) is 20.0 Å². The Morgan fingerprint density at radius 1 is 1.16 bits per heavy atom. The van der Waals surface area contributed by atoms with Gasteiger partial charge in [0.15, 0.2) is 0 Å². The number of hydrogen-bond donors (Lipinski definition) is 1. The summed E-state index contributed by atoms with van der Waals surface area (Å²) in [5, 5.41) is 3.16. The monoisotopic (exact) mass is 270 g/mol. The molecule has 0 atom stereocenters. The molecule has 1 fully saturated rings. The molecule has 0 bridgehead atoms. The fourth-order valence-corrected chi connectivity index (χ4v) is 2.02. The van der Waals surface area contributed by atoms with Gasteiger partial charge in [-0.05, 0) is 6.54 Å². The predicted octanol–water partition coefficient (Wildman–Crippen LogP) is -0.782. The molecule has 0 aromatic heterocycles. The average molecular weight is 270 g/mol. The second-order valence-electron chi connectivity index (χ2n) is 5.05. The maximum Gasteiger partial charge on any atom is 0.236 e. The van der Waals surface area contributed by atoms with Gasteiger partial charge in [-0.3, -0.25) is 14.5 Å². The van der Waals surface area contributed by atoms with Crippen LogP contribution in [0.3, 0.4) is 0 Å². The summed E-state index contributed by atoms with van der Waals surface area (Å²) in [4.78, 5) is 29.1. The van der Waals surface area contributed by atoms with Crippen LogP contribution in [0.25, 0.3) is 0 Å². The van der Waals surface area contributed by atoms with Crippen LogP contribution >= 0.6 is 0 Å². The molecule has 6 heteroatoms. The number of carbonyl (C=O) groups is 2. The van der Waals surface area contributed by atoms with Gasteiger partial charge in [0.25, 0.3) is 0 Å². The van der Waals surface area contributed by atoms with Gasteiger partial charge in [-0.1, -0.05) is 6.92 Å². The van der Waals surface area contributed by atoms with Crippen LogP contribution in [0.5, 0.6) is 0 Å². The lowest BCUT2D eigenvalue weighted by molar-refractivity contribution is -0.134. The first-order valence-corrected chi connectivity index (χ1v) is 6.95. The van der Waals surface area contributed by atoms with Gasteiger partial charge in [-0.2, -0.15) is 0 Å². The van der Waals surface area contributed by atoms with Crippen molar-refractivity contribution in [3.05, 3.63) is 0 Å². The van der Waals surface area contributed by atoms with E-state index in [2.05, 4.69) is 10.2 Å². The van der Waals surface area contributed by atoms with E-state index in [9.17, 15) is 9.59 Å². The summed E-state index contributed by atoms with van der Waals surface area (Å²) >= 11 is 0. The highest BCUT2D eigenvalue weighted by Gasteiger charge is 2.22. The van der Waals surface area contributed by atoms with Gasteiger partial charge in [0.2, 0.25) is 11.8 Å². The lowest BCUT2D eigenvalue weighted by atomic mass is 10.2. The Bertz CT molecular complexity index is 299. The molecule has 0 saturated carbocycles. The van der Waals surface area contributed by atoms with Crippen LogP contribution in [0.4, 0.5) is 0 Å². The summed E-state index contributed by atoms with van der Waals surface area (Å²) in [5.41, 5.74) is 0. The van der Waals surface area contributed by atoms with Gasteiger partial charge < -0.3 is 15.1 Å². The molecule has 1 saturated heterocycles. The fourth-order valence-electron chi connectivity index (χ4n) is 2.02. The molecule has 19 heavy (non-hydrogen) atoms. The third-order valence-corrected chi connectivity index (χ3v) is 3.35. The number of carbonyl (C=O) groups excluding carboxylic acids is 2. The molecule has 0 aromatic carbocycles. The first-order valence-electron chi connectivity index (χ1n) is 6.95. The standard InChI is InChI=1S/C13H26N4O2/c1-4-14-6-5-12(18)17-9-7-16(8-10-17)11-13(19)15(2)3/h14H,4-11H2,1-3H3. The van der Waals surface area contributed by atoms with Crippen LogP contribution in [-0.4, -0.2) is 86.4 Å². The van der Waals surface area contributed by atoms with Crippen LogP contribution in [0.15, 0.2) is 0 Å². The molecule has 1 aliphatic rings. The predicted molar refractivity (Wildman–Crippen MR) is 74.9 cm³/mol. The normalized spacial score (nSPS) is 16.5. The van der Waals surface area contributed by atoms with E-state index >= 15 is 0 Å². The molecule has 0 unspecified atom stereocenters. The molecule has 6 nitrogen and oxygen atoms in total. The van der Waals surface area contributed by atoms with E-state index in [1.165, 1.54) is 0 Å². The van der Waals surface area contributed by atoms with Crippen molar-refractivity contribution in [3.63, 3.8) is 0 Å². The summed E-state index contributed by atoms with van der Waals surface area (Å²) in [7, 11) is 3.53. The second-order valence-corrected chi connectivity index (χ2v) is 5.05. The lowest BCUT2D eigenvalue weighted by Gasteiger charge is -2.34. The molecule has 110 valence electrons. The van der Waals surface area contributed by atoms with Crippen LogP contribution in [-0.2, 0) is 9.59 Å². The van der Waals surface area contributed by atoms with Gasteiger partial charge in [-0.15, -0.1) is 0 Å². The molecule has 1 heterocycles. The minimum absolute atomic E-state index is 0.118. The highest BCUT2D eigenvalue weighted by Crippen LogP contribution is 2.04. The molecule has 1 rings (SSSR count). The Balaban J connectivity index is 2.24. The molecule has 0 aromatic rings. The van der Waals surface area contributed by atoms with E-state index in [0.29, 0.717) is 13.0 Å². The van der Waals surface area contributed by atoms with Gasteiger partial charge in [0.05, 0.1) is 6.54 Å². The van der Waals surface area contributed by atoms with E-state index < -0.39 is 0 Å². The number of nitrogens with one attached hydrogen (secondary N) is 1. The molecule has 1 aliphatic heterocycles. The Kier molecular flexibility index (Phi) is 6.80. The van der Waals surface area contributed by atoms with Crippen molar-refractivity contribution in [3.8, 4) is 0 Å². The van der Waals surface area contributed by atoms with Gasteiger partial charge in [-0.25, -0.2) is 0 Å². The Hall–Kier alpha value is -1.14. The third kappa shape index (κ3) is 5.57. The van der Waals surface area contributed by atoms with Gasteiger partial charge in [0.1, 0.15) is 0 Å². The smallest absolute Gasteiger partial charge is 0.236 e. The number of rotatable bonds is 6. The van der Waals surface area contributed by atoms with E-state index in [4.69, 9.17) is 0 Å².